The topological polar surface area (TPSA) is 76.8 Å². The fraction of sp³-hybridized carbons (Fsp3) is 0.179. The van der Waals surface area contributed by atoms with Gasteiger partial charge in [-0.1, -0.05) is 42.5 Å². The molecule has 0 spiro atoms. The number of ether oxygens (including phenoxy) is 1. The molecule has 0 aliphatic carbocycles. The highest BCUT2D eigenvalue weighted by Gasteiger charge is 2.29. The van der Waals surface area contributed by atoms with Crippen molar-refractivity contribution >= 4 is 46.0 Å². The van der Waals surface area contributed by atoms with Gasteiger partial charge in [0.25, 0.3) is 5.91 Å². The highest BCUT2D eigenvalue weighted by molar-refractivity contribution is 7.12. The molecule has 6 nitrogen and oxygen atoms in total. The first-order valence-electron chi connectivity index (χ1n) is 11.4. The number of furan rings is 1. The molecular weight excluding hydrogens is 462 g/mol. The van der Waals surface area contributed by atoms with Gasteiger partial charge in [0.05, 0.1) is 10.8 Å². The highest BCUT2D eigenvalue weighted by Crippen LogP contribution is 2.26. The molecule has 1 fully saturated rings. The van der Waals surface area contributed by atoms with Crippen LogP contribution in [0, 0.1) is 5.92 Å². The summed E-state index contributed by atoms with van der Waals surface area (Å²) in [5, 5.41) is 2.75. The lowest BCUT2D eigenvalue weighted by Gasteiger charge is -2.30. The van der Waals surface area contributed by atoms with Crippen molar-refractivity contribution in [2.75, 3.05) is 13.1 Å². The summed E-state index contributed by atoms with van der Waals surface area (Å²) in [5.74, 6) is -0.222. The number of thiophene rings is 1. The molecule has 2 aromatic carbocycles. The standard InChI is InChI=1S/C28H23NO5S/c30-22(25-18-21-7-2-4-9-24(21)33-25)12-11-19-6-1-3-8-23(19)34-28(32)20-13-15-29(16-14-20)27(31)26-10-5-17-35-26/h1-12,17-18,20H,13-16H2. The van der Waals surface area contributed by atoms with Crippen molar-refractivity contribution in [1.29, 1.82) is 0 Å². The molecule has 0 unspecified atom stereocenters. The molecule has 4 aromatic rings. The van der Waals surface area contributed by atoms with E-state index in [1.54, 1.807) is 35.2 Å². The lowest BCUT2D eigenvalue weighted by atomic mass is 9.97. The van der Waals surface area contributed by atoms with Crippen molar-refractivity contribution in [2.24, 2.45) is 5.92 Å². The maximum Gasteiger partial charge on any atom is 0.314 e. The summed E-state index contributed by atoms with van der Waals surface area (Å²) in [5.41, 5.74) is 1.28. The van der Waals surface area contributed by atoms with Crippen LogP contribution >= 0.6 is 11.3 Å². The first-order valence-corrected chi connectivity index (χ1v) is 12.3. The van der Waals surface area contributed by atoms with Crippen LogP contribution in [0.25, 0.3) is 17.0 Å². The smallest absolute Gasteiger partial charge is 0.314 e. The van der Waals surface area contributed by atoms with Gasteiger partial charge in [0.1, 0.15) is 11.3 Å². The average Bonchev–Trinajstić information content (AvgIpc) is 3.58. The van der Waals surface area contributed by atoms with E-state index < -0.39 is 0 Å². The minimum absolute atomic E-state index is 0.0106. The van der Waals surface area contributed by atoms with Crippen LogP contribution in [0.2, 0.25) is 0 Å². The Balaban J connectivity index is 1.22. The predicted octanol–water partition coefficient (Wildman–Crippen LogP) is 5.85. The number of carbonyl (C=O) groups is 3. The Bertz CT molecular complexity index is 1360. The number of nitrogens with zero attached hydrogens (tertiary/aromatic N) is 1. The molecule has 35 heavy (non-hydrogen) atoms. The number of allylic oxidation sites excluding steroid dienone is 1. The molecule has 1 aliphatic rings. The Morgan fingerprint density at radius 1 is 0.971 bits per heavy atom. The number of likely N-dealkylation sites (tertiary alicyclic amines) is 1. The van der Waals surface area contributed by atoms with Gasteiger partial charge in [-0.15, -0.1) is 11.3 Å². The lowest BCUT2D eigenvalue weighted by Crippen LogP contribution is -2.40. The molecule has 1 saturated heterocycles. The summed E-state index contributed by atoms with van der Waals surface area (Å²) >= 11 is 1.42. The van der Waals surface area contributed by atoms with Gasteiger partial charge < -0.3 is 14.1 Å². The van der Waals surface area contributed by atoms with E-state index in [0.717, 1.165) is 5.39 Å². The second-order valence-corrected chi connectivity index (χ2v) is 9.30. The summed E-state index contributed by atoms with van der Waals surface area (Å²) in [6.07, 6.45) is 4.15. The van der Waals surface area contributed by atoms with Crippen molar-refractivity contribution in [3.8, 4) is 5.75 Å². The molecule has 0 bridgehead atoms. The summed E-state index contributed by atoms with van der Waals surface area (Å²) in [6.45, 7) is 1.04. The molecule has 5 rings (SSSR count). The summed E-state index contributed by atoms with van der Waals surface area (Å²) in [6, 6.07) is 19.9. The summed E-state index contributed by atoms with van der Waals surface area (Å²) in [7, 11) is 0. The van der Waals surface area contributed by atoms with Gasteiger partial charge in [-0.05, 0) is 54.6 Å². The van der Waals surface area contributed by atoms with Crippen molar-refractivity contribution in [3.63, 3.8) is 0 Å². The number of ketones is 1. The van der Waals surface area contributed by atoms with E-state index in [-0.39, 0.29) is 29.3 Å². The number of hydrogen-bond donors (Lipinski definition) is 0. The Kier molecular flexibility index (Phi) is 6.59. The van der Waals surface area contributed by atoms with Gasteiger partial charge in [0, 0.05) is 24.0 Å². The first-order chi connectivity index (χ1) is 17.1. The van der Waals surface area contributed by atoms with E-state index in [2.05, 4.69) is 0 Å². The van der Waals surface area contributed by atoms with Crippen molar-refractivity contribution in [3.05, 3.63) is 94.4 Å². The normalized spacial score (nSPS) is 14.5. The Labute approximate surface area is 206 Å². The molecule has 0 radical (unpaired) electrons. The second-order valence-electron chi connectivity index (χ2n) is 8.35. The van der Waals surface area contributed by atoms with E-state index >= 15 is 0 Å². The van der Waals surface area contributed by atoms with Crippen LogP contribution in [0.5, 0.6) is 5.75 Å². The molecule has 3 heterocycles. The zero-order chi connectivity index (χ0) is 24.2. The molecule has 176 valence electrons. The number of amides is 1. The maximum atomic E-state index is 12.9. The van der Waals surface area contributed by atoms with Crippen LogP contribution in [0.3, 0.4) is 0 Å². The fourth-order valence-electron chi connectivity index (χ4n) is 4.13. The third-order valence-electron chi connectivity index (χ3n) is 6.06. The highest BCUT2D eigenvalue weighted by atomic mass is 32.1. The third-order valence-corrected chi connectivity index (χ3v) is 6.92. The predicted molar refractivity (Wildman–Crippen MR) is 135 cm³/mol. The van der Waals surface area contributed by atoms with Crippen LogP contribution in [0.1, 0.15) is 38.6 Å². The Hall–Kier alpha value is -3.97. The van der Waals surface area contributed by atoms with Crippen molar-refractivity contribution in [1.82, 2.24) is 4.90 Å². The van der Waals surface area contributed by atoms with E-state index in [4.69, 9.17) is 9.15 Å². The number of hydrogen-bond acceptors (Lipinski definition) is 6. The van der Waals surface area contributed by atoms with E-state index in [1.165, 1.54) is 17.4 Å². The maximum absolute atomic E-state index is 12.9. The van der Waals surface area contributed by atoms with Gasteiger partial charge >= 0.3 is 5.97 Å². The quantitative estimate of drug-likeness (QED) is 0.148. The van der Waals surface area contributed by atoms with E-state index in [9.17, 15) is 14.4 Å². The largest absolute Gasteiger partial charge is 0.453 e. The van der Waals surface area contributed by atoms with Crippen molar-refractivity contribution in [2.45, 2.75) is 12.8 Å². The zero-order valence-electron chi connectivity index (χ0n) is 18.9. The average molecular weight is 486 g/mol. The SMILES string of the molecule is O=C(C=Cc1ccccc1OC(=O)C1CCN(C(=O)c2cccs2)CC1)c1cc2ccccc2o1. The van der Waals surface area contributed by atoms with Gasteiger partial charge in [-0.3, -0.25) is 14.4 Å². The van der Waals surface area contributed by atoms with Crippen molar-refractivity contribution < 1.29 is 23.5 Å². The zero-order valence-corrected chi connectivity index (χ0v) is 19.7. The van der Waals surface area contributed by atoms with E-state index in [0.29, 0.717) is 47.7 Å². The molecule has 2 aromatic heterocycles. The summed E-state index contributed by atoms with van der Waals surface area (Å²) in [4.78, 5) is 40.5. The summed E-state index contributed by atoms with van der Waals surface area (Å²) < 4.78 is 11.3. The fourth-order valence-corrected chi connectivity index (χ4v) is 4.82. The molecule has 0 N–H and O–H groups in total. The number of fused-ring (bicyclic) bond motifs is 1. The lowest BCUT2D eigenvalue weighted by molar-refractivity contribution is -0.140. The van der Waals surface area contributed by atoms with Gasteiger partial charge in [0.2, 0.25) is 5.78 Å². The van der Waals surface area contributed by atoms with Crippen LogP contribution in [0.4, 0.5) is 0 Å². The molecule has 1 amide bonds. The Morgan fingerprint density at radius 3 is 2.51 bits per heavy atom. The number of benzene rings is 2. The minimum atomic E-state index is -0.322. The Morgan fingerprint density at radius 2 is 1.74 bits per heavy atom. The van der Waals surface area contributed by atoms with Crippen LogP contribution in [-0.4, -0.2) is 35.6 Å². The first kappa shape index (κ1) is 22.8. The molecule has 7 heteroatoms. The van der Waals surface area contributed by atoms with Gasteiger partial charge in [-0.2, -0.15) is 0 Å². The molecular formula is C28H23NO5S. The molecule has 1 aliphatic heterocycles. The van der Waals surface area contributed by atoms with E-state index in [1.807, 2.05) is 47.8 Å². The number of carbonyl (C=O) groups excluding carboxylic acids is 3. The number of rotatable bonds is 6. The molecule has 0 saturated carbocycles. The second kappa shape index (κ2) is 10.1. The van der Waals surface area contributed by atoms with Gasteiger partial charge in [-0.25, -0.2) is 0 Å². The molecule has 0 atom stereocenters. The minimum Gasteiger partial charge on any atom is -0.453 e. The van der Waals surface area contributed by atoms with Crippen LogP contribution in [0.15, 0.2) is 82.6 Å². The third kappa shape index (κ3) is 5.10. The number of esters is 1. The number of para-hydroxylation sites is 2. The number of piperidine rings is 1. The van der Waals surface area contributed by atoms with Gasteiger partial charge in [0.15, 0.2) is 5.76 Å². The monoisotopic (exact) mass is 485 g/mol. The van der Waals surface area contributed by atoms with Crippen LogP contribution < -0.4 is 4.74 Å². The van der Waals surface area contributed by atoms with Crippen LogP contribution in [-0.2, 0) is 4.79 Å².